The van der Waals surface area contributed by atoms with E-state index in [0.717, 1.165) is 0 Å². The van der Waals surface area contributed by atoms with Crippen molar-refractivity contribution in [2.75, 3.05) is 10.6 Å². The Balaban J connectivity index is 2.00. The number of carbonyl (C=O) groups excluding carboxylic acids is 1. The van der Waals surface area contributed by atoms with Gasteiger partial charge in [0, 0.05) is 11.6 Å². The molecule has 16 heavy (non-hydrogen) atoms. The number of rotatable bonds is 2. The summed E-state index contributed by atoms with van der Waals surface area (Å²) in [5.74, 6) is -0.475. The average molecular weight is 237 g/mol. The second-order valence-electron chi connectivity index (χ2n) is 2.90. The number of hydrogen-bond donors (Lipinski definition) is 2. The van der Waals surface area contributed by atoms with E-state index in [2.05, 4.69) is 15.6 Å². The largest absolute Gasteiger partial charge is 0.325 e. The summed E-state index contributed by atoms with van der Waals surface area (Å²) in [5.41, 5.74) is 0.136. The third kappa shape index (κ3) is 2.54. The molecule has 0 aliphatic carbocycles. The summed E-state index contributed by atoms with van der Waals surface area (Å²) in [6, 6.07) is 5.44. The summed E-state index contributed by atoms with van der Waals surface area (Å²) in [5, 5.41) is 7.08. The number of nitrogens with zero attached hydrogens (tertiary/aromatic N) is 1. The zero-order chi connectivity index (χ0) is 11.4. The van der Waals surface area contributed by atoms with E-state index in [0.29, 0.717) is 5.13 Å². The number of para-hydroxylation sites is 1. The Morgan fingerprint density at radius 3 is 2.81 bits per heavy atom. The Kier molecular flexibility index (Phi) is 3.11. The molecule has 0 atom stereocenters. The second kappa shape index (κ2) is 4.71. The van der Waals surface area contributed by atoms with Crippen LogP contribution in [0, 0.1) is 5.82 Å². The van der Waals surface area contributed by atoms with E-state index in [1.54, 1.807) is 23.7 Å². The molecule has 0 fully saturated rings. The van der Waals surface area contributed by atoms with E-state index in [9.17, 15) is 9.18 Å². The molecule has 0 bridgehead atoms. The van der Waals surface area contributed by atoms with E-state index >= 15 is 0 Å². The molecular weight excluding hydrogens is 229 g/mol. The monoisotopic (exact) mass is 237 g/mol. The number of benzene rings is 1. The minimum absolute atomic E-state index is 0.136. The van der Waals surface area contributed by atoms with Crippen molar-refractivity contribution in [2.45, 2.75) is 0 Å². The molecule has 6 heteroatoms. The molecule has 0 spiro atoms. The highest BCUT2D eigenvalue weighted by molar-refractivity contribution is 7.13. The first-order chi connectivity index (χ1) is 7.75. The average Bonchev–Trinajstić information content (AvgIpc) is 2.74. The van der Waals surface area contributed by atoms with Crippen LogP contribution >= 0.6 is 11.3 Å². The summed E-state index contributed by atoms with van der Waals surface area (Å²) in [6.45, 7) is 0. The molecule has 0 radical (unpaired) electrons. The highest BCUT2D eigenvalue weighted by atomic mass is 32.1. The Labute approximate surface area is 95.1 Å². The van der Waals surface area contributed by atoms with Crippen molar-refractivity contribution in [3.63, 3.8) is 0 Å². The van der Waals surface area contributed by atoms with Gasteiger partial charge in [-0.25, -0.2) is 14.2 Å². The Morgan fingerprint density at radius 2 is 2.12 bits per heavy atom. The quantitative estimate of drug-likeness (QED) is 0.843. The molecule has 1 aromatic carbocycles. The summed E-state index contributed by atoms with van der Waals surface area (Å²) >= 11 is 1.29. The zero-order valence-corrected chi connectivity index (χ0v) is 8.92. The number of nitrogens with one attached hydrogen (secondary N) is 2. The molecular formula is C10H8FN3OS. The lowest BCUT2D eigenvalue weighted by Crippen LogP contribution is -2.19. The third-order valence-corrected chi connectivity index (χ3v) is 2.46. The topological polar surface area (TPSA) is 54.0 Å². The smallest absolute Gasteiger partial charge is 0.305 e. The van der Waals surface area contributed by atoms with Gasteiger partial charge in [-0.15, -0.1) is 11.3 Å². The molecule has 2 rings (SSSR count). The summed E-state index contributed by atoms with van der Waals surface area (Å²) in [7, 11) is 0. The molecule has 2 N–H and O–H groups in total. The molecule has 0 aliphatic rings. The first kappa shape index (κ1) is 10.6. The lowest BCUT2D eigenvalue weighted by Gasteiger charge is -2.05. The maximum atomic E-state index is 13.2. The van der Waals surface area contributed by atoms with Crippen LogP contribution in [0.25, 0.3) is 0 Å². The van der Waals surface area contributed by atoms with Gasteiger partial charge >= 0.3 is 6.03 Å². The summed E-state index contributed by atoms with van der Waals surface area (Å²) < 4.78 is 13.2. The number of anilines is 2. The van der Waals surface area contributed by atoms with Crippen LogP contribution in [0.2, 0.25) is 0 Å². The maximum Gasteiger partial charge on any atom is 0.325 e. The van der Waals surface area contributed by atoms with Crippen LogP contribution in [0.4, 0.5) is 20.0 Å². The van der Waals surface area contributed by atoms with E-state index in [1.165, 1.54) is 23.5 Å². The van der Waals surface area contributed by atoms with E-state index < -0.39 is 11.8 Å². The van der Waals surface area contributed by atoms with Gasteiger partial charge in [-0.3, -0.25) is 5.32 Å². The SMILES string of the molecule is O=C(Nc1nccs1)Nc1ccccc1F. The van der Waals surface area contributed by atoms with Gasteiger partial charge < -0.3 is 5.32 Å². The number of aromatic nitrogens is 1. The minimum atomic E-state index is -0.514. The number of urea groups is 1. The fraction of sp³-hybridized carbons (Fsp3) is 0. The van der Waals surface area contributed by atoms with Gasteiger partial charge in [0.15, 0.2) is 5.13 Å². The lowest BCUT2D eigenvalue weighted by atomic mass is 10.3. The molecule has 2 amide bonds. The normalized spacial score (nSPS) is 9.81. The molecule has 1 aromatic heterocycles. The minimum Gasteiger partial charge on any atom is -0.305 e. The van der Waals surface area contributed by atoms with Gasteiger partial charge in [0.05, 0.1) is 5.69 Å². The molecule has 0 aliphatic heterocycles. The van der Waals surface area contributed by atoms with Gasteiger partial charge in [0.25, 0.3) is 0 Å². The van der Waals surface area contributed by atoms with Crippen LogP contribution < -0.4 is 10.6 Å². The van der Waals surface area contributed by atoms with Crippen LogP contribution in [0.1, 0.15) is 0 Å². The van der Waals surface area contributed by atoms with Crippen molar-refractivity contribution in [3.8, 4) is 0 Å². The number of thiazole rings is 1. The number of carbonyl (C=O) groups is 1. The number of amides is 2. The molecule has 4 nitrogen and oxygen atoms in total. The molecule has 0 unspecified atom stereocenters. The first-order valence-electron chi connectivity index (χ1n) is 4.48. The van der Waals surface area contributed by atoms with Crippen LogP contribution in [0.5, 0.6) is 0 Å². The van der Waals surface area contributed by atoms with Crippen molar-refractivity contribution in [1.82, 2.24) is 4.98 Å². The van der Waals surface area contributed by atoms with Crippen molar-refractivity contribution in [3.05, 3.63) is 41.7 Å². The van der Waals surface area contributed by atoms with Crippen molar-refractivity contribution >= 4 is 28.2 Å². The number of hydrogen-bond acceptors (Lipinski definition) is 3. The van der Waals surface area contributed by atoms with Crippen LogP contribution in [-0.2, 0) is 0 Å². The molecule has 0 saturated heterocycles. The second-order valence-corrected chi connectivity index (χ2v) is 3.79. The third-order valence-electron chi connectivity index (χ3n) is 1.77. The Morgan fingerprint density at radius 1 is 1.31 bits per heavy atom. The maximum absolute atomic E-state index is 13.2. The number of halogens is 1. The highest BCUT2D eigenvalue weighted by Gasteiger charge is 2.06. The van der Waals surface area contributed by atoms with Gasteiger partial charge in [0.1, 0.15) is 5.82 Å². The molecule has 2 aromatic rings. The Hall–Kier alpha value is -1.95. The van der Waals surface area contributed by atoms with E-state index in [1.807, 2.05) is 0 Å². The fourth-order valence-corrected chi connectivity index (χ4v) is 1.62. The highest BCUT2D eigenvalue weighted by Crippen LogP contribution is 2.14. The molecule has 82 valence electrons. The Bertz CT molecular complexity index is 487. The lowest BCUT2D eigenvalue weighted by molar-refractivity contribution is 0.262. The van der Waals surface area contributed by atoms with Gasteiger partial charge in [-0.1, -0.05) is 12.1 Å². The van der Waals surface area contributed by atoms with Crippen LogP contribution in [0.15, 0.2) is 35.8 Å². The van der Waals surface area contributed by atoms with Crippen molar-refractivity contribution in [2.24, 2.45) is 0 Å². The van der Waals surface area contributed by atoms with Gasteiger partial charge in [-0.2, -0.15) is 0 Å². The molecule has 1 heterocycles. The zero-order valence-electron chi connectivity index (χ0n) is 8.11. The van der Waals surface area contributed by atoms with Crippen LogP contribution in [0.3, 0.4) is 0 Å². The first-order valence-corrected chi connectivity index (χ1v) is 5.36. The van der Waals surface area contributed by atoms with E-state index in [4.69, 9.17) is 0 Å². The molecule has 0 saturated carbocycles. The summed E-state index contributed by atoms with van der Waals surface area (Å²) in [6.07, 6.45) is 1.57. The van der Waals surface area contributed by atoms with Crippen LogP contribution in [-0.4, -0.2) is 11.0 Å². The predicted molar refractivity (Wildman–Crippen MR) is 61.2 cm³/mol. The van der Waals surface area contributed by atoms with E-state index in [-0.39, 0.29) is 5.69 Å². The fourth-order valence-electron chi connectivity index (χ4n) is 1.10. The van der Waals surface area contributed by atoms with Gasteiger partial charge in [-0.05, 0) is 12.1 Å². The predicted octanol–water partition coefficient (Wildman–Crippen LogP) is 2.93. The van der Waals surface area contributed by atoms with Crippen molar-refractivity contribution < 1.29 is 9.18 Å². The van der Waals surface area contributed by atoms with Gasteiger partial charge in [0.2, 0.25) is 0 Å². The summed E-state index contributed by atoms with van der Waals surface area (Å²) in [4.78, 5) is 15.3. The van der Waals surface area contributed by atoms with Crippen molar-refractivity contribution in [1.29, 1.82) is 0 Å². The standard InChI is InChI=1S/C10H8FN3OS/c11-7-3-1-2-4-8(7)13-9(15)14-10-12-5-6-16-10/h1-6H,(H2,12,13,14,15).